The lowest BCUT2D eigenvalue weighted by Crippen LogP contribution is -2.33. The van der Waals surface area contributed by atoms with Crippen LogP contribution in [0.15, 0.2) is 24.3 Å². The molecule has 1 unspecified atom stereocenters. The summed E-state index contributed by atoms with van der Waals surface area (Å²) < 4.78 is 0. The van der Waals surface area contributed by atoms with E-state index in [1.165, 1.54) is 0 Å². The van der Waals surface area contributed by atoms with Crippen LogP contribution in [0, 0.1) is 5.92 Å². The summed E-state index contributed by atoms with van der Waals surface area (Å²) in [6.45, 7) is 4.16. The molecule has 0 aromatic heterocycles. The number of hydrogen-bond donors (Lipinski definition) is 2. The molecule has 1 aromatic carbocycles. The molecule has 1 aliphatic rings. The van der Waals surface area contributed by atoms with E-state index in [0.717, 1.165) is 42.9 Å². The van der Waals surface area contributed by atoms with Crippen molar-refractivity contribution in [2.45, 2.75) is 38.6 Å². The molecule has 110 valence electrons. The van der Waals surface area contributed by atoms with E-state index in [2.05, 4.69) is 17.6 Å². The van der Waals surface area contributed by atoms with Gasteiger partial charge < -0.3 is 10.6 Å². The van der Waals surface area contributed by atoms with Crippen molar-refractivity contribution in [1.82, 2.24) is 10.6 Å². The van der Waals surface area contributed by atoms with Gasteiger partial charge in [0.05, 0.1) is 6.04 Å². The molecule has 0 aliphatic carbocycles. The molecule has 20 heavy (non-hydrogen) atoms. The number of carbonyl (C=O) groups is 1. The minimum Gasteiger partial charge on any atom is -0.349 e. The average molecular weight is 295 g/mol. The van der Waals surface area contributed by atoms with Gasteiger partial charge in [-0.05, 0) is 56.0 Å². The van der Waals surface area contributed by atoms with Gasteiger partial charge >= 0.3 is 0 Å². The molecule has 1 heterocycles. The van der Waals surface area contributed by atoms with E-state index in [9.17, 15) is 4.79 Å². The number of amides is 1. The Hall–Kier alpha value is -1.06. The van der Waals surface area contributed by atoms with E-state index < -0.39 is 0 Å². The maximum absolute atomic E-state index is 12.2. The van der Waals surface area contributed by atoms with Crippen LogP contribution in [0.4, 0.5) is 0 Å². The van der Waals surface area contributed by atoms with Crippen LogP contribution in [0.3, 0.4) is 0 Å². The molecule has 1 fully saturated rings. The molecule has 1 atom stereocenters. The Morgan fingerprint density at radius 2 is 2.00 bits per heavy atom. The summed E-state index contributed by atoms with van der Waals surface area (Å²) in [5.41, 5.74) is 1.12. The second-order valence-corrected chi connectivity index (χ2v) is 5.91. The van der Waals surface area contributed by atoms with Gasteiger partial charge in [0.2, 0.25) is 5.91 Å². The highest BCUT2D eigenvalue weighted by Crippen LogP contribution is 2.21. The van der Waals surface area contributed by atoms with Crippen LogP contribution in [-0.2, 0) is 4.79 Å². The highest BCUT2D eigenvalue weighted by atomic mass is 35.5. The normalized spacial score (nSPS) is 17.7. The Kier molecular flexibility index (Phi) is 5.86. The van der Waals surface area contributed by atoms with Crippen LogP contribution in [0.5, 0.6) is 0 Å². The van der Waals surface area contributed by atoms with Crippen molar-refractivity contribution in [3.05, 3.63) is 34.9 Å². The number of benzene rings is 1. The Bertz CT molecular complexity index is 427. The van der Waals surface area contributed by atoms with E-state index in [1.807, 2.05) is 24.3 Å². The number of halogens is 1. The maximum atomic E-state index is 12.2. The summed E-state index contributed by atoms with van der Waals surface area (Å²) >= 11 is 5.90. The van der Waals surface area contributed by atoms with Crippen molar-refractivity contribution in [3.8, 4) is 0 Å². The second kappa shape index (κ2) is 7.65. The highest BCUT2D eigenvalue weighted by molar-refractivity contribution is 6.30. The summed E-state index contributed by atoms with van der Waals surface area (Å²) in [5.74, 6) is 0.692. The molecule has 0 radical (unpaired) electrons. The van der Waals surface area contributed by atoms with Crippen molar-refractivity contribution in [2.24, 2.45) is 5.92 Å². The molecule has 1 saturated heterocycles. The monoisotopic (exact) mass is 294 g/mol. The summed E-state index contributed by atoms with van der Waals surface area (Å²) in [6, 6.07) is 7.81. The summed E-state index contributed by atoms with van der Waals surface area (Å²) in [6.07, 6.45) is 3.74. The van der Waals surface area contributed by atoms with Crippen LogP contribution >= 0.6 is 11.6 Å². The van der Waals surface area contributed by atoms with Crippen LogP contribution in [0.1, 0.15) is 44.2 Å². The lowest BCUT2D eigenvalue weighted by Gasteiger charge is -2.24. The molecular formula is C16H23ClN2O. The molecule has 0 spiro atoms. The van der Waals surface area contributed by atoms with Crippen molar-refractivity contribution >= 4 is 17.5 Å². The molecular weight excluding hydrogens is 272 g/mol. The molecule has 1 aliphatic heterocycles. The second-order valence-electron chi connectivity index (χ2n) is 5.48. The summed E-state index contributed by atoms with van der Waals surface area (Å²) in [4.78, 5) is 12.2. The smallest absolute Gasteiger partial charge is 0.220 e. The van der Waals surface area contributed by atoms with Crippen molar-refractivity contribution in [3.63, 3.8) is 0 Å². The van der Waals surface area contributed by atoms with Gasteiger partial charge in [0.1, 0.15) is 0 Å². The lowest BCUT2D eigenvalue weighted by molar-refractivity contribution is -0.123. The van der Waals surface area contributed by atoms with Gasteiger partial charge in [-0.25, -0.2) is 0 Å². The Labute approximate surface area is 126 Å². The third-order valence-corrected chi connectivity index (χ3v) is 4.20. The zero-order valence-corrected chi connectivity index (χ0v) is 12.7. The first kappa shape index (κ1) is 15.3. The van der Waals surface area contributed by atoms with Crippen molar-refractivity contribution in [2.75, 3.05) is 13.1 Å². The van der Waals surface area contributed by atoms with E-state index in [0.29, 0.717) is 12.3 Å². The zero-order valence-electron chi connectivity index (χ0n) is 12.0. The first-order valence-electron chi connectivity index (χ1n) is 7.44. The number of carbonyl (C=O) groups excluding carboxylic acids is 1. The van der Waals surface area contributed by atoms with E-state index in [1.54, 1.807) is 0 Å². The molecule has 2 N–H and O–H groups in total. The minimum absolute atomic E-state index is 0.0847. The van der Waals surface area contributed by atoms with Gasteiger partial charge in [-0.1, -0.05) is 30.7 Å². The first-order valence-corrected chi connectivity index (χ1v) is 7.82. The Morgan fingerprint density at radius 3 is 2.60 bits per heavy atom. The van der Waals surface area contributed by atoms with Gasteiger partial charge in [0.15, 0.2) is 0 Å². The minimum atomic E-state index is 0.0847. The maximum Gasteiger partial charge on any atom is 0.220 e. The van der Waals surface area contributed by atoms with Gasteiger partial charge in [-0.3, -0.25) is 4.79 Å². The predicted molar refractivity (Wildman–Crippen MR) is 82.8 cm³/mol. The zero-order chi connectivity index (χ0) is 14.4. The quantitative estimate of drug-likeness (QED) is 0.875. The SMILES string of the molecule is CCC(NC(=O)CC1CCNCC1)c1ccc(Cl)cc1. The molecule has 3 nitrogen and oxygen atoms in total. The van der Waals surface area contributed by atoms with Crippen molar-refractivity contribution < 1.29 is 4.79 Å². The topological polar surface area (TPSA) is 41.1 Å². The Morgan fingerprint density at radius 1 is 1.35 bits per heavy atom. The Balaban J connectivity index is 1.88. The largest absolute Gasteiger partial charge is 0.349 e. The predicted octanol–water partition coefficient (Wildman–Crippen LogP) is 3.30. The standard InChI is InChI=1S/C16H23ClN2O/c1-2-15(13-3-5-14(17)6-4-13)19-16(20)11-12-7-9-18-10-8-12/h3-6,12,15,18H,2,7-11H2,1H3,(H,19,20). The van der Waals surface area contributed by atoms with E-state index in [-0.39, 0.29) is 11.9 Å². The average Bonchev–Trinajstić information content (AvgIpc) is 2.47. The number of rotatable bonds is 5. The summed E-state index contributed by atoms with van der Waals surface area (Å²) in [5, 5.41) is 7.20. The van der Waals surface area contributed by atoms with Gasteiger partial charge in [-0.15, -0.1) is 0 Å². The fourth-order valence-corrected chi connectivity index (χ4v) is 2.84. The first-order chi connectivity index (χ1) is 9.69. The third kappa shape index (κ3) is 4.50. The third-order valence-electron chi connectivity index (χ3n) is 3.95. The van der Waals surface area contributed by atoms with E-state index >= 15 is 0 Å². The van der Waals surface area contributed by atoms with E-state index in [4.69, 9.17) is 11.6 Å². The number of nitrogens with one attached hydrogen (secondary N) is 2. The lowest BCUT2D eigenvalue weighted by atomic mass is 9.94. The van der Waals surface area contributed by atoms with Crippen LogP contribution in [0.25, 0.3) is 0 Å². The highest BCUT2D eigenvalue weighted by Gasteiger charge is 2.19. The van der Waals surface area contributed by atoms with Crippen LogP contribution in [-0.4, -0.2) is 19.0 Å². The summed E-state index contributed by atoms with van der Waals surface area (Å²) in [7, 11) is 0. The van der Waals surface area contributed by atoms with Crippen molar-refractivity contribution in [1.29, 1.82) is 0 Å². The molecule has 4 heteroatoms. The fourth-order valence-electron chi connectivity index (χ4n) is 2.72. The molecule has 0 bridgehead atoms. The van der Waals surface area contributed by atoms with Gasteiger partial charge in [-0.2, -0.15) is 0 Å². The molecule has 2 rings (SSSR count). The number of hydrogen-bond acceptors (Lipinski definition) is 2. The van der Waals surface area contributed by atoms with Crippen LogP contribution in [0.2, 0.25) is 5.02 Å². The molecule has 1 amide bonds. The number of piperidine rings is 1. The van der Waals surface area contributed by atoms with Crippen LogP contribution < -0.4 is 10.6 Å². The van der Waals surface area contributed by atoms with Gasteiger partial charge in [0, 0.05) is 11.4 Å². The fraction of sp³-hybridized carbons (Fsp3) is 0.562. The molecule has 0 saturated carbocycles. The molecule has 1 aromatic rings. The van der Waals surface area contributed by atoms with Gasteiger partial charge in [0.25, 0.3) is 0 Å².